The van der Waals surface area contributed by atoms with Crippen molar-refractivity contribution in [1.82, 2.24) is 20.5 Å². The van der Waals surface area contributed by atoms with Crippen LogP contribution in [0.15, 0.2) is 40.7 Å². The minimum Gasteiger partial charge on any atom is -0.357 e. The van der Waals surface area contributed by atoms with Gasteiger partial charge in [0.1, 0.15) is 0 Å². The molecule has 1 aliphatic heterocycles. The zero-order valence-electron chi connectivity index (χ0n) is 18.1. The molecule has 7 heteroatoms. The molecule has 1 fully saturated rings. The van der Waals surface area contributed by atoms with Gasteiger partial charge in [-0.05, 0) is 32.3 Å². The van der Waals surface area contributed by atoms with E-state index in [-0.39, 0.29) is 5.91 Å². The van der Waals surface area contributed by atoms with Crippen LogP contribution < -0.4 is 10.6 Å². The maximum Gasteiger partial charge on any atom is 0.223 e. The average molecular weight is 428 g/mol. The highest BCUT2D eigenvalue weighted by Crippen LogP contribution is 2.18. The van der Waals surface area contributed by atoms with Crippen LogP contribution in [0.5, 0.6) is 0 Å². The number of carbonyl (C=O) groups excluding carboxylic acids is 1. The molecule has 2 N–H and O–H groups in total. The molecule has 3 rings (SSSR count). The Kier molecular flexibility index (Phi) is 8.68. The van der Waals surface area contributed by atoms with Crippen LogP contribution in [0.1, 0.15) is 36.0 Å². The van der Waals surface area contributed by atoms with Crippen LogP contribution in [0.25, 0.3) is 0 Å². The number of hydrogen-bond acceptors (Lipinski definition) is 4. The molecule has 1 aromatic carbocycles. The lowest BCUT2D eigenvalue weighted by Crippen LogP contribution is -2.38. The number of carbonyl (C=O) groups is 1. The first-order valence-electron chi connectivity index (χ1n) is 10.9. The molecule has 1 aromatic heterocycles. The van der Waals surface area contributed by atoms with Gasteiger partial charge in [-0.15, -0.1) is 11.3 Å². The van der Waals surface area contributed by atoms with Gasteiger partial charge in [0, 0.05) is 62.6 Å². The number of hydrogen-bond donors (Lipinski definition) is 2. The minimum atomic E-state index is 0.253. The number of thiazole rings is 1. The molecule has 6 nitrogen and oxygen atoms in total. The van der Waals surface area contributed by atoms with Crippen molar-refractivity contribution in [3.63, 3.8) is 0 Å². The van der Waals surface area contributed by atoms with Crippen LogP contribution in [-0.4, -0.2) is 54.5 Å². The van der Waals surface area contributed by atoms with Gasteiger partial charge >= 0.3 is 0 Å². The van der Waals surface area contributed by atoms with Crippen molar-refractivity contribution < 1.29 is 4.79 Å². The summed E-state index contributed by atoms with van der Waals surface area (Å²) in [5.41, 5.74) is 2.38. The topological polar surface area (TPSA) is 69.6 Å². The quantitative estimate of drug-likeness (QED) is 0.347. The van der Waals surface area contributed by atoms with Gasteiger partial charge in [0.05, 0.1) is 5.01 Å². The highest BCUT2D eigenvalue weighted by molar-refractivity contribution is 7.09. The van der Waals surface area contributed by atoms with Crippen molar-refractivity contribution in [3.05, 3.63) is 52.0 Å². The summed E-state index contributed by atoms with van der Waals surface area (Å²) < 4.78 is 0. The Morgan fingerprint density at radius 1 is 1.27 bits per heavy atom. The van der Waals surface area contributed by atoms with Crippen LogP contribution >= 0.6 is 11.3 Å². The normalized spacial score (nSPS) is 16.9. The number of benzene rings is 1. The molecule has 0 aliphatic carbocycles. The Balaban J connectivity index is 1.40. The summed E-state index contributed by atoms with van der Waals surface area (Å²) in [7, 11) is 0. The molecule has 1 saturated heterocycles. The Morgan fingerprint density at radius 3 is 2.83 bits per heavy atom. The molecule has 2 heterocycles. The van der Waals surface area contributed by atoms with E-state index in [0.29, 0.717) is 18.9 Å². The predicted octanol–water partition coefficient (Wildman–Crippen LogP) is 3.03. The fraction of sp³-hybridized carbons (Fsp3) is 0.522. The molecule has 30 heavy (non-hydrogen) atoms. The molecule has 1 aliphatic rings. The number of aryl methyl sites for hydroxylation is 2. The van der Waals surface area contributed by atoms with Gasteiger partial charge in [0.15, 0.2) is 5.96 Å². The number of aromatic nitrogens is 1. The zero-order valence-corrected chi connectivity index (χ0v) is 18.9. The summed E-state index contributed by atoms with van der Waals surface area (Å²) in [5.74, 6) is 1.38. The van der Waals surface area contributed by atoms with Crippen molar-refractivity contribution in [1.29, 1.82) is 0 Å². The number of nitrogens with zero attached hydrogens (tertiary/aromatic N) is 3. The maximum atomic E-state index is 12.4. The molecule has 0 radical (unpaired) electrons. The maximum absolute atomic E-state index is 12.4. The summed E-state index contributed by atoms with van der Waals surface area (Å²) in [5, 5.41) is 10.0. The summed E-state index contributed by atoms with van der Waals surface area (Å²) in [6, 6.07) is 10.4. The van der Waals surface area contributed by atoms with E-state index in [1.807, 2.05) is 30.0 Å². The lowest BCUT2D eigenvalue weighted by atomic mass is 10.1. The van der Waals surface area contributed by atoms with Gasteiger partial charge in [-0.25, -0.2) is 4.98 Å². The number of guanidine groups is 1. The van der Waals surface area contributed by atoms with Crippen molar-refractivity contribution in [2.45, 2.75) is 39.5 Å². The van der Waals surface area contributed by atoms with Crippen LogP contribution in [0.4, 0.5) is 0 Å². The highest BCUT2D eigenvalue weighted by atomic mass is 32.1. The van der Waals surface area contributed by atoms with E-state index >= 15 is 0 Å². The van der Waals surface area contributed by atoms with E-state index in [0.717, 1.165) is 57.1 Å². The molecule has 0 saturated carbocycles. The van der Waals surface area contributed by atoms with Gasteiger partial charge < -0.3 is 15.5 Å². The number of nitrogens with one attached hydrogen (secondary N) is 2. The van der Waals surface area contributed by atoms with Crippen molar-refractivity contribution in [3.8, 4) is 0 Å². The second kappa shape index (κ2) is 11.7. The Hall–Kier alpha value is -2.41. The smallest absolute Gasteiger partial charge is 0.223 e. The largest absolute Gasteiger partial charge is 0.357 e. The molecule has 2 aromatic rings. The van der Waals surface area contributed by atoms with Gasteiger partial charge in [-0.2, -0.15) is 0 Å². The SMILES string of the molecule is CCNC(=NCC1CC(=O)N(CCc2ccccc2)C1)NCCCc1nc(C)cs1. The predicted molar refractivity (Wildman–Crippen MR) is 124 cm³/mol. The average Bonchev–Trinajstić information content (AvgIpc) is 3.33. The number of rotatable bonds is 10. The highest BCUT2D eigenvalue weighted by Gasteiger charge is 2.28. The van der Waals surface area contributed by atoms with E-state index in [1.54, 1.807) is 11.3 Å². The number of likely N-dealkylation sites (tertiary alicyclic amines) is 1. The van der Waals surface area contributed by atoms with E-state index in [2.05, 4.69) is 40.1 Å². The molecule has 1 amide bonds. The van der Waals surface area contributed by atoms with E-state index in [4.69, 9.17) is 4.99 Å². The Labute approximate surface area is 183 Å². The molecular formula is C23H33N5OS. The molecule has 162 valence electrons. The minimum absolute atomic E-state index is 0.253. The van der Waals surface area contributed by atoms with Gasteiger partial charge in [-0.3, -0.25) is 9.79 Å². The van der Waals surface area contributed by atoms with Crippen LogP contribution in [-0.2, 0) is 17.6 Å². The zero-order chi connectivity index (χ0) is 21.2. The summed E-state index contributed by atoms with van der Waals surface area (Å²) >= 11 is 1.73. The standard InChI is InChI=1S/C23H33N5OS/c1-3-24-23(25-12-7-10-21-27-18(2)17-30-21)26-15-20-14-22(29)28(16-20)13-11-19-8-5-4-6-9-19/h4-6,8-9,17,20H,3,7,10-16H2,1-2H3,(H2,24,25,26). The summed E-state index contributed by atoms with van der Waals surface area (Å²) in [6.07, 6.45) is 3.51. The second-order valence-electron chi connectivity index (χ2n) is 7.78. The Morgan fingerprint density at radius 2 is 2.10 bits per heavy atom. The van der Waals surface area contributed by atoms with E-state index < -0.39 is 0 Å². The molecule has 1 atom stereocenters. The fourth-order valence-corrected chi connectivity index (χ4v) is 4.45. The third-order valence-electron chi connectivity index (χ3n) is 5.19. The van der Waals surface area contributed by atoms with Crippen molar-refractivity contribution in [2.24, 2.45) is 10.9 Å². The first kappa shape index (κ1) is 22.3. The number of amides is 1. The third kappa shape index (κ3) is 7.13. The second-order valence-corrected chi connectivity index (χ2v) is 8.72. The lowest BCUT2D eigenvalue weighted by Gasteiger charge is -2.16. The number of aliphatic imine (C=N–C) groups is 1. The fourth-order valence-electron chi connectivity index (χ4n) is 3.63. The monoisotopic (exact) mass is 427 g/mol. The third-order valence-corrected chi connectivity index (χ3v) is 6.21. The molecule has 0 bridgehead atoms. The van der Waals surface area contributed by atoms with Crippen LogP contribution in [0.2, 0.25) is 0 Å². The van der Waals surface area contributed by atoms with E-state index in [1.165, 1.54) is 10.6 Å². The Bertz CT molecular complexity index is 820. The van der Waals surface area contributed by atoms with Gasteiger partial charge in [0.2, 0.25) is 5.91 Å². The van der Waals surface area contributed by atoms with E-state index in [9.17, 15) is 4.79 Å². The summed E-state index contributed by atoms with van der Waals surface area (Å²) in [6.45, 7) is 8.05. The lowest BCUT2D eigenvalue weighted by molar-refractivity contribution is -0.127. The van der Waals surface area contributed by atoms with Crippen molar-refractivity contribution in [2.75, 3.05) is 32.7 Å². The van der Waals surface area contributed by atoms with Gasteiger partial charge in [-0.1, -0.05) is 30.3 Å². The van der Waals surface area contributed by atoms with Gasteiger partial charge in [0.25, 0.3) is 0 Å². The summed E-state index contributed by atoms with van der Waals surface area (Å²) in [4.78, 5) is 23.6. The first-order valence-corrected chi connectivity index (χ1v) is 11.8. The van der Waals surface area contributed by atoms with Crippen LogP contribution in [0, 0.1) is 12.8 Å². The first-order chi connectivity index (χ1) is 14.6. The molecule has 0 spiro atoms. The molecule has 1 unspecified atom stereocenters. The van der Waals surface area contributed by atoms with Crippen LogP contribution in [0.3, 0.4) is 0 Å². The molecular weight excluding hydrogens is 394 g/mol. The van der Waals surface area contributed by atoms with Crippen molar-refractivity contribution >= 4 is 23.2 Å².